The molecule has 0 spiro atoms. The van der Waals surface area contributed by atoms with Crippen molar-refractivity contribution in [2.45, 2.75) is 0 Å². The largest absolute Gasteiger partial charge is 0.480 e. The third kappa shape index (κ3) is 4.72. The highest BCUT2D eigenvalue weighted by Crippen LogP contribution is 2.26. The molecule has 0 radical (unpaired) electrons. The molecule has 0 saturated carbocycles. The van der Waals surface area contributed by atoms with Crippen molar-refractivity contribution in [2.24, 2.45) is 0 Å². The average molecular weight is 351 g/mol. The molecule has 0 bridgehead atoms. The summed E-state index contributed by atoms with van der Waals surface area (Å²) >= 11 is 6.03. The number of carbonyl (C=O) groups excluding carboxylic acids is 1. The monoisotopic (exact) mass is 350 g/mol. The number of amides is 1. The Morgan fingerprint density at radius 1 is 1.42 bits per heavy atom. The van der Waals surface area contributed by atoms with Crippen molar-refractivity contribution in [2.75, 3.05) is 32.9 Å². The Morgan fingerprint density at radius 2 is 2.12 bits per heavy atom. The van der Waals surface area contributed by atoms with Gasteiger partial charge in [-0.25, -0.2) is 4.79 Å². The molecule has 0 unspecified atom stereocenters. The van der Waals surface area contributed by atoms with Crippen molar-refractivity contribution < 1.29 is 24.2 Å². The van der Waals surface area contributed by atoms with Crippen molar-refractivity contribution >= 4 is 29.6 Å². The number of rotatable bonds is 5. The van der Waals surface area contributed by atoms with Gasteiger partial charge in [0.2, 0.25) is 0 Å². The number of hydrogen-bond acceptors (Lipinski definition) is 5. The average Bonchev–Trinajstić information content (AvgIpc) is 2.59. The summed E-state index contributed by atoms with van der Waals surface area (Å²) in [6.45, 7) is 1.28. The van der Waals surface area contributed by atoms with E-state index in [-0.39, 0.29) is 22.3 Å². The van der Waals surface area contributed by atoms with E-state index in [1.54, 1.807) is 11.0 Å². The van der Waals surface area contributed by atoms with Crippen LogP contribution in [0.25, 0.3) is 6.08 Å². The standard InChI is InChI=1S/C16H15ClN2O5/c17-13-8-11(1-2-14(13)24-10-15(20)21)7-12(9-18)16(22)19-3-5-23-6-4-19/h1-2,7-8H,3-6,10H2,(H,20,21)/b12-7+. The highest BCUT2D eigenvalue weighted by atomic mass is 35.5. The molecule has 0 aliphatic carbocycles. The van der Waals surface area contributed by atoms with Crippen LogP contribution in [-0.4, -0.2) is 54.8 Å². The van der Waals surface area contributed by atoms with Crippen LogP contribution in [0.1, 0.15) is 5.56 Å². The summed E-state index contributed by atoms with van der Waals surface area (Å²) in [4.78, 5) is 24.4. The van der Waals surface area contributed by atoms with Crippen LogP contribution < -0.4 is 4.74 Å². The van der Waals surface area contributed by atoms with Gasteiger partial charge in [0.25, 0.3) is 5.91 Å². The Hall–Kier alpha value is -2.56. The maximum atomic E-state index is 12.3. The molecule has 1 heterocycles. The number of nitrogens with zero attached hydrogens (tertiary/aromatic N) is 2. The number of benzene rings is 1. The van der Waals surface area contributed by atoms with Crippen LogP contribution in [-0.2, 0) is 14.3 Å². The number of carboxylic acid groups (broad SMARTS) is 1. The summed E-state index contributed by atoms with van der Waals surface area (Å²) in [5, 5.41) is 18.0. The van der Waals surface area contributed by atoms with E-state index in [0.717, 1.165) is 0 Å². The minimum absolute atomic E-state index is 0.00725. The number of carbonyl (C=O) groups is 2. The highest BCUT2D eigenvalue weighted by molar-refractivity contribution is 6.32. The van der Waals surface area contributed by atoms with Crippen LogP contribution in [0.2, 0.25) is 5.02 Å². The molecule has 1 aliphatic rings. The Labute approximate surface area is 143 Å². The fourth-order valence-electron chi connectivity index (χ4n) is 2.11. The van der Waals surface area contributed by atoms with E-state index in [4.69, 9.17) is 26.2 Å². The number of morpholine rings is 1. The quantitative estimate of drug-likeness (QED) is 0.639. The number of carboxylic acids is 1. The summed E-state index contributed by atoms with van der Waals surface area (Å²) in [6, 6.07) is 6.48. The number of nitriles is 1. The number of halogens is 1. The zero-order chi connectivity index (χ0) is 17.5. The Morgan fingerprint density at radius 3 is 2.71 bits per heavy atom. The SMILES string of the molecule is N#C/C(=C\c1ccc(OCC(=O)O)c(Cl)c1)C(=O)N1CCOCC1. The molecule has 1 aromatic rings. The molecule has 7 nitrogen and oxygen atoms in total. The molecule has 1 N–H and O–H groups in total. The number of aliphatic carboxylic acids is 1. The molecule has 1 aliphatic heterocycles. The van der Waals surface area contributed by atoms with E-state index in [0.29, 0.717) is 31.9 Å². The fraction of sp³-hybridized carbons (Fsp3) is 0.312. The Bertz CT molecular complexity index is 705. The van der Waals surface area contributed by atoms with Gasteiger partial charge in [0.15, 0.2) is 6.61 Å². The van der Waals surface area contributed by atoms with Crippen molar-refractivity contribution in [3.63, 3.8) is 0 Å². The van der Waals surface area contributed by atoms with Gasteiger partial charge >= 0.3 is 5.97 Å². The summed E-state index contributed by atoms with van der Waals surface area (Å²) in [5.41, 5.74) is 0.535. The van der Waals surface area contributed by atoms with Gasteiger partial charge in [-0.1, -0.05) is 17.7 Å². The molecule has 24 heavy (non-hydrogen) atoms. The predicted octanol–water partition coefficient (Wildman–Crippen LogP) is 1.57. The van der Waals surface area contributed by atoms with Gasteiger partial charge in [-0.15, -0.1) is 0 Å². The van der Waals surface area contributed by atoms with Crippen LogP contribution >= 0.6 is 11.6 Å². The van der Waals surface area contributed by atoms with Crippen LogP contribution in [0, 0.1) is 11.3 Å². The van der Waals surface area contributed by atoms with Crippen molar-refractivity contribution in [3.8, 4) is 11.8 Å². The lowest BCUT2D eigenvalue weighted by molar-refractivity contribution is -0.139. The minimum Gasteiger partial charge on any atom is -0.480 e. The van der Waals surface area contributed by atoms with Crippen LogP contribution in [0.3, 0.4) is 0 Å². The minimum atomic E-state index is -1.11. The lowest BCUT2D eigenvalue weighted by Crippen LogP contribution is -2.41. The molecule has 1 amide bonds. The molecule has 8 heteroatoms. The van der Waals surface area contributed by atoms with Gasteiger partial charge in [-0.05, 0) is 23.8 Å². The van der Waals surface area contributed by atoms with Gasteiger partial charge in [-0.3, -0.25) is 4.79 Å². The highest BCUT2D eigenvalue weighted by Gasteiger charge is 2.20. The zero-order valence-corrected chi connectivity index (χ0v) is 13.5. The second-order valence-electron chi connectivity index (χ2n) is 4.95. The first kappa shape index (κ1) is 17.8. The van der Waals surface area contributed by atoms with Gasteiger partial charge in [0, 0.05) is 13.1 Å². The second-order valence-corrected chi connectivity index (χ2v) is 5.35. The van der Waals surface area contributed by atoms with E-state index < -0.39 is 12.6 Å². The first-order valence-electron chi connectivity index (χ1n) is 7.14. The van der Waals surface area contributed by atoms with Gasteiger partial charge in [0.05, 0.1) is 18.2 Å². The van der Waals surface area contributed by atoms with Crippen LogP contribution in [0.15, 0.2) is 23.8 Å². The summed E-state index contributed by atoms with van der Waals surface area (Å²) in [6.07, 6.45) is 1.44. The van der Waals surface area contributed by atoms with Crippen molar-refractivity contribution in [1.82, 2.24) is 4.90 Å². The molecular weight excluding hydrogens is 336 g/mol. The zero-order valence-electron chi connectivity index (χ0n) is 12.7. The summed E-state index contributed by atoms with van der Waals surface area (Å²) < 4.78 is 10.2. The van der Waals surface area contributed by atoms with Crippen molar-refractivity contribution in [1.29, 1.82) is 5.26 Å². The van der Waals surface area contributed by atoms with Crippen LogP contribution in [0.5, 0.6) is 5.75 Å². The normalized spacial score (nSPS) is 14.8. The van der Waals surface area contributed by atoms with Gasteiger partial charge in [-0.2, -0.15) is 5.26 Å². The predicted molar refractivity (Wildman–Crippen MR) is 85.6 cm³/mol. The third-order valence-corrected chi connectivity index (χ3v) is 3.56. The smallest absolute Gasteiger partial charge is 0.341 e. The first-order chi connectivity index (χ1) is 11.5. The fourth-order valence-corrected chi connectivity index (χ4v) is 2.35. The molecule has 1 fully saturated rings. The van der Waals surface area contributed by atoms with Gasteiger partial charge < -0.3 is 19.5 Å². The van der Waals surface area contributed by atoms with E-state index in [9.17, 15) is 14.9 Å². The maximum absolute atomic E-state index is 12.3. The second kappa shape index (κ2) is 8.34. The first-order valence-corrected chi connectivity index (χ1v) is 7.52. The topological polar surface area (TPSA) is 99.9 Å². The molecule has 126 valence electrons. The molecule has 2 rings (SSSR count). The molecule has 1 saturated heterocycles. The van der Waals surface area contributed by atoms with E-state index in [1.165, 1.54) is 18.2 Å². The van der Waals surface area contributed by atoms with E-state index >= 15 is 0 Å². The maximum Gasteiger partial charge on any atom is 0.341 e. The number of hydrogen-bond donors (Lipinski definition) is 1. The third-order valence-electron chi connectivity index (χ3n) is 3.27. The molecule has 0 atom stereocenters. The molecule has 0 aromatic heterocycles. The number of ether oxygens (including phenoxy) is 2. The molecule has 1 aromatic carbocycles. The van der Waals surface area contributed by atoms with E-state index in [2.05, 4.69) is 0 Å². The van der Waals surface area contributed by atoms with Crippen molar-refractivity contribution in [3.05, 3.63) is 34.4 Å². The van der Waals surface area contributed by atoms with E-state index in [1.807, 2.05) is 6.07 Å². The summed E-state index contributed by atoms with van der Waals surface area (Å²) in [7, 11) is 0. The lowest BCUT2D eigenvalue weighted by Gasteiger charge is -2.26. The Balaban J connectivity index is 2.15. The molecular formula is C16H15ClN2O5. The Kier molecular flexibility index (Phi) is 6.18. The van der Waals surface area contributed by atoms with Gasteiger partial charge in [0.1, 0.15) is 17.4 Å². The summed E-state index contributed by atoms with van der Waals surface area (Å²) in [5.74, 6) is -1.25. The lowest BCUT2D eigenvalue weighted by atomic mass is 10.1. The van der Waals surface area contributed by atoms with Crippen LogP contribution in [0.4, 0.5) is 0 Å².